The maximum atomic E-state index is 13.4. The molecular weight excluding hydrogens is 371 g/mol. The van der Waals surface area contributed by atoms with E-state index in [0.717, 1.165) is 30.5 Å². The Balaban J connectivity index is 1.53. The Bertz CT molecular complexity index is 828. The van der Waals surface area contributed by atoms with E-state index in [-0.39, 0.29) is 17.6 Å². The average Bonchev–Trinajstić information content (AvgIpc) is 2.73. The normalized spacial score (nSPS) is 17.0. The molecule has 29 heavy (non-hydrogen) atoms. The molecule has 3 rings (SSSR count). The van der Waals surface area contributed by atoms with Crippen molar-refractivity contribution >= 4 is 5.91 Å². The fourth-order valence-electron chi connectivity index (χ4n) is 3.74. The first-order valence-electron chi connectivity index (χ1n) is 10.1. The van der Waals surface area contributed by atoms with E-state index in [4.69, 9.17) is 9.47 Å². The van der Waals surface area contributed by atoms with Crippen molar-refractivity contribution in [2.24, 2.45) is 5.92 Å². The molecule has 0 spiro atoms. The van der Waals surface area contributed by atoms with E-state index in [0.29, 0.717) is 37.7 Å². The van der Waals surface area contributed by atoms with Crippen molar-refractivity contribution < 1.29 is 18.7 Å². The van der Waals surface area contributed by atoms with E-state index in [2.05, 4.69) is 10.2 Å². The molecule has 1 amide bonds. The molecule has 1 aliphatic rings. The number of halogens is 1. The highest BCUT2D eigenvalue weighted by Crippen LogP contribution is 2.28. The molecule has 0 radical (unpaired) electrons. The van der Waals surface area contributed by atoms with Gasteiger partial charge in [0.25, 0.3) is 0 Å². The standard InChI is InChI=1S/C23H29FN2O3/c1-3-29-21-10-9-17(13-22(21)28-2)14-25-23(27)19-7-5-11-26(16-19)15-18-6-4-8-20(24)12-18/h4,6,8-10,12-13,19H,3,5,7,11,14-16H2,1-2H3,(H,25,27). The van der Waals surface area contributed by atoms with Crippen molar-refractivity contribution in [3.8, 4) is 11.5 Å². The Morgan fingerprint density at radius 1 is 1.21 bits per heavy atom. The number of piperidine rings is 1. The fourth-order valence-corrected chi connectivity index (χ4v) is 3.74. The molecule has 1 unspecified atom stereocenters. The van der Waals surface area contributed by atoms with Gasteiger partial charge in [0, 0.05) is 19.6 Å². The van der Waals surface area contributed by atoms with E-state index in [1.807, 2.05) is 31.2 Å². The summed E-state index contributed by atoms with van der Waals surface area (Å²) in [6.07, 6.45) is 1.84. The second kappa shape index (κ2) is 10.3. The Labute approximate surface area is 171 Å². The van der Waals surface area contributed by atoms with Gasteiger partial charge in [-0.25, -0.2) is 4.39 Å². The van der Waals surface area contributed by atoms with Crippen molar-refractivity contribution in [2.45, 2.75) is 32.9 Å². The van der Waals surface area contributed by atoms with Gasteiger partial charge in [0.1, 0.15) is 5.82 Å². The zero-order valence-electron chi connectivity index (χ0n) is 17.1. The summed E-state index contributed by atoms with van der Waals surface area (Å²) in [5, 5.41) is 3.04. The molecule has 1 heterocycles. The Kier molecular flexibility index (Phi) is 7.47. The summed E-state index contributed by atoms with van der Waals surface area (Å²) in [5.74, 6) is 1.14. The average molecular weight is 400 g/mol. The number of carbonyl (C=O) groups is 1. The predicted molar refractivity (Wildman–Crippen MR) is 110 cm³/mol. The molecule has 1 N–H and O–H groups in total. The van der Waals surface area contributed by atoms with Crippen molar-refractivity contribution in [1.29, 1.82) is 0 Å². The lowest BCUT2D eigenvalue weighted by Crippen LogP contribution is -2.42. The number of rotatable bonds is 8. The first-order valence-corrected chi connectivity index (χ1v) is 10.1. The number of carbonyl (C=O) groups excluding carboxylic acids is 1. The van der Waals surface area contributed by atoms with Crippen LogP contribution < -0.4 is 14.8 Å². The molecule has 6 heteroatoms. The third kappa shape index (κ3) is 5.94. The van der Waals surface area contributed by atoms with E-state index in [1.54, 1.807) is 19.2 Å². The van der Waals surface area contributed by atoms with Gasteiger partial charge in [-0.15, -0.1) is 0 Å². The third-order valence-electron chi connectivity index (χ3n) is 5.17. The minimum absolute atomic E-state index is 0.0538. The second-order valence-electron chi connectivity index (χ2n) is 7.34. The molecule has 1 aliphatic heterocycles. The van der Waals surface area contributed by atoms with Gasteiger partial charge >= 0.3 is 0 Å². The molecular formula is C23H29FN2O3. The van der Waals surface area contributed by atoms with E-state index in [1.165, 1.54) is 6.07 Å². The molecule has 156 valence electrons. The van der Waals surface area contributed by atoms with Crippen molar-refractivity contribution in [1.82, 2.24) is 10.2 Å². The van der Waals surface area contributed by atoms with Crippen LogP contribution in [0.5, 0.6) is 11.5 Å². The van der Waals surface area contributed by atoms with Crippen LogP contribution >= 0.6 is 0 Å². The minimum Gasteiger partial charge on any atom is -0.493 e. The summed E-state index contributed by atoms with van der Waals surface area (Å²) in [6.45, 7) is 5.22. The molecule has 2 aromatic carbocycles. The fraction of sp³-hybridized carbons (Fsp3) is 0.435. The van der Waals surface area contributed by atoms with Gasteiger partial charge in [-0.3, -0.25) is 9.69 Å². The number of amides is 1. The van der Waals surface area contributed by atoms with Crippen LogP contribution in [0.3, 0.4) is 0 Å². The van der Waals surface area contributed by atoms with Gasteiger partial charge in [0.15, 0.2) is 11.5 Å². The lowest BCUT2D eigenvalue weighted by molar-refractivity contribution is -0.126. The van der Waals surface area contributed by atoms with Gasteiger partial charge in [0.2, 0.25) is 5.91 Å². The number of likely N-dealkylation sites (tertiary alicyclic amines) is 1. The first kappa shape index (κ1) is 21.1. The molecule has 0 aliphatic carbocycles. The van der Waals surface area contributed by atoms with Crippen LogP contribution in [0.2, 0.25) is 0 Å². The van der Waals surface area contributed by atoms with Crippen LogP contribution in [-0.4, -0.2) is 37.6 Å². The van der Waals surface area contributed by atoms with E-state index >= 15 is 0 Å². The van der Waals surface area contributed by atoms with Crippen molar-refractivity contribution in [2.75, 3.05) is 26.8 Å². The number of hydrogen-bond donors (Lipinski definition) is 1. The molecule has 1 fully saturated rings. The Morgan fingerprint density at radius 3 is 2.83 bits per heavy atom. The highest BCUT2D eigenvalue weighted by molar-refractivity contribution is 5.79. The van der Waals surface area contributed by atoms with Crippen LogP contribution in [0, 0.1) is 11.7 Å². The van der Waals surface area contributed by atoms with Crippen LogP contribution in [0.25, 0.3) is 0 Å². The van der Waals surface area contributed by atoms with Crippen molar-refractivity contribution in [3.63, 3.8) is 0 Å². The van der Waals surface area contributed by atoms with Crippen molar-refractivity contribution in [3.05, 3.63) is 59.4 Å². The summed E-state index contributed by atoms with van der Waals surface area (Å²) < 4.78 is 24.3. The highest BCUT2D eigenvalue weighted by Gasteiger charge is 2.25. The summed E-state index contributed by atoms with van der Waals surface area (Å²) in [4.78, 5) is 14.9. The molecule has 0 saturated carbocycles. The third-order valence-corrected chi connectivity index (χ3v) is 5.17. The van der Waals surface area contributed by atoms with Crippen LogP contribution in [-0.2, 0) is 17.9 Å². The quantitative estimate of drug-likeness (QED) is 0.733. The maximum Gasteiger partial charge on any atom is 0.224 e. The SMILES string of the molecule is CCOc1ccc(CNC(=O)C2CCCN(Cc3cccc(F)c3)C2)cc1OC. The number of ether oxygens (including phenoxy) is 2. The van der Waals surface area contributed by atoms with Gasteiger partial charge in [0.05, 0.1) is 19.6 Å². The topological polar surface area (TPSA) is 50.8 Å². The van der Waals surface area contributed by atoms with Gasteiger partial charge in [-0.05, 0) is 61.7 Å². The monoisotopic (exact) mass is 400 g/mol. The lowest BCUT2D eigenvalue weighted by Gasteiger charge is -2.32. The van der Waals surface area contributed by atoms with Gasteiger partial charge in [-0.2, -0.15) is 0 Å². The number of methoxy groups -OCH3 is 1. The number of benzene rings is 2. The van der Waals surface area contributed by atoms with E-state index in [9.17, 15) is 9.18 Å². The summed E-state index contributed by atoms with van der Waals surface area (Å²) in [5.41, 5.74) is 1.90. The van der Waals surface area contributed by atoms with Crippen LogP contribution in [0.15, 0.2) is 42.5 Å². The second-order valence-corrected chi connectivity index (χ2v) is 7.34. The first-order chi connectivity index (χ1) is 14.1. The Morgan fingerprint density at radius 2 is 2.07 bits per heavy atom. The lowest BCUT2D eigenvalue weighted by atomic mass is 9.96. The number of nitrogens with zero attached hydrogens (tertiary/aromatic N) is 1. The zero-order valence-corrected chi connectivity index (χ0v) is 17.1. The highest BCUT2D eigenvalue weighted by atomic mass is 19.1. The molecule has 5 nitrogen and oxygen atoms in total. The maximum absolute atomic E-state index is 13.4. The number of hydrogen-bond acceptors (Lipinski definition) is 4. The van der Waals surface area contributed by atoms with Gasteiger partial charge < -0.3 is 14.8 Å². The van der Waals surface area contributed by atoms with Gasteiger partial charge in [-0.1, -0.05) is 18.2 Å². The summed E-state index contributed by atoms with van der Waals surface area (Å²) in [6, 6.07) is 12.4. The zero-order chi connectivity index (χ0) is 20.6. The summed E-state index contributed by atoms with van der Waals surface area (Å²) in [7, 11) is 1.61. The largest absolute Gasteiger partial charge is 0.493 e. The van der Waals surface area contributed by atoms with Crippen LogP contribution in [0.4, 0.5) is 4.39 Å². The predicted octanol–water partition coefficient (Wildman–Crippen LogP) is 3.76. The number of nitrogens with one attached hydrogen (secondary N) is 1. The Hall–Kier alpha value is -2.60. The molecule has 0 aromatic heterocycles. The smallest absolute Gasteiger partial charge is 0.224 e. The van der Waals surface area contributed by atoms with Crippen LogP contribution in [0.1, 0.15) is 30.9 Å². The molecule has 0 bridgehead atoms. The minimum atomic E-state index is -0.223. The summed E-state index contributed by atoms with van der Waals surface area (Å²) >= 11 is 0. The molecule has 1 saturated heterocycles. The van der Waals surface area contributed by atoms with E-state index < -0.39 is 0 Å². The molecule has 1 atom stereocenters. The molecule has 2 aromatic rings.